The number of ether oxygens (including phenoxy) is 2. The summed E-state index contributed by atoms with van der Waals surface area (Å²) in [7, 11) is 0. The minimum absolute atomic E-state index is 0.0391. The Morgan fingerprint density at radius 1 is 0.927 bits per heavy atom. The van der Waals surface area contributed by atoms with E-state index in [4.69, 9.17) is 20.9 Å². The number of nitrogens with two attached hydrogens (primary N) is 2. The average molecular weight is 776 g/mol. The van der Waals surface area contributed by atoms with Crippen LogP contribution in [0.1, 0.15) is 85.6 Å². The van der Waals surface area contributed by atoms with Crippen LogP contribution in [-0.4, -0.2) is 114 Å². The number of hydrogen-bond donors (Lipinski definition) is 7. The summed E-state index contributed by atoms with van der Waals surface area (Å²) in [6.45, 7) is 11.2. The van der Waals surface area contributed by atoms with Crippen LogP contribution in [0.15, 0.2) is 24.3 Å². The third-order valence-corrected chi connectivity index (χ3v) is 9.52. The van der Waals surface area contributed by atoms with E-state index in [2.05, 4.69) is 21.3 Å². The van der Waals surface area contributed by atoms with Gasteiger partial charge in [-0.3, -0.25) is 38.5 Å². The van der Waals surface area contributed by atoms with Crippen LogP contribution in [0.2, 0.25) is 0 Å². The highest BCUT2D eigenvalue weighted by atomic mass is 16.5. The molecule has 0 unspecified atom stereocenters. The van der Waals surface area contributed by atoms with Crippen LogP contribution in [0.5, 0.6) is 5.75 Å². The molecule has 0 aromatic heterocycles. The van der Waals surface area contributed by atoms with Crippen molar-refractivity contribution in [3.8, 4) is 5.75 Å². The van der Waals surface area contributed by atoms with Crippen molar-refractivity contribution in [1.82, 2.24) is 26.2 Å². The van der Waals surface area contributed by atoms with Gasteiger partial charge in [0.15, 0.2) is 0 Å². The van der Waals surface area contributed by atoms with Crippen molar-refractivity contribution in [2.75, 3.05) is 26.3 Å². The summed E-state index contributed by atoms with van der Waals surface area (Å²) in [4.78, 5) is 89.5. The first-order chi connectivity index (χ1) is 26.0. The Morgan fingerprint density at radius 3 is 2.16 bits per heavy atom. The van der Waals surface area contributed by atoms with Crippen molar-refractivity contribution >= 4 is 41.4 Å². The van der Waals surface area contributed by atoms with Gasteiger partial charge in [-0.1, -0.05) is 46.2 Å². The Morgan fingerprint density at radius 2 is 1.60 bits per heavy atom. The lowest BCUT2D eigenvalue weighted by atomic mass is 9.96. The zero-order chi connectivity index (χ0) is 41.2. The number of hydrogen-bond acceptors (Lipinski definition) is 11. The van der Waals surface area contributed by atoms with E-state index in [1.54, 1.807) is 49.9 Å². The number of aliphatic hydroxyl groups is 1. The molecule has 17 heteroatoms. The number of esters is 1. The molecule has 9 N–H and O–H groups in total. The maximum atomic E-state index is 13.8. The minimum atomic E-state index is -1.28. The van der Waals surface area contributed by atoms with E-state index in [0.29, 0.717) is 56.8 Å². The van der Waals surface area contributed by atoms with Crippen molar-refractivity contribution < 1.29 is 48.1 Å². The van der Waals surface area contributed by atoms with Crippen molar-refractivity contribution in [2.45, 2.75) is 123 Å². The van der Waals surface area contributed by atoms with Gasteiger partial charge >= 0.3 is 5.97 Å². The second-order valence-electron chi connectivity index (χ2n) is 14.4. The van der Waals surface area contributed by atoms with Crippen LogP contribution in [-0.2, 0) is 44.7 Å². The zero-order valence-corrected chi connectivity index (χ0v) is 32.9. The lowest BCUT2D eigenvalue weighted by Gasteiger charge is -2.33. The molecule has 6 amide bonds. The molecular weight excluding hydrogens is 714 g/mol. The molecular formula is C38H61N7O10. The fourth-order valence-electron chi connectivity index (χ4n) is 6.31. The molecule has 1 aliphatic rings. The molecule has 1 fully saturated rings. The van der Waals surface area contributed by atoms with E-state index >= 15 is 0 Å². The van der Waals surface area contributed by atoms with Gasteiger partial charge in [0, 0.05) is 19.9 Å². The van der Waals surface area contributed by atoms with Gasteiger partial charge in [0.05, 0.1) is 37.8 Å². The van der Waals surface area contributed by atoms with Gasteiger partial charge in [0.1, 0.15) is 23.9 Å². The third kappa shape index (κ3) is 15.9. The zero-order valence-electron chi connectivity index (χ0n) is 32.9. The molecule has 1 heterocycles. The number of aliphatic hydroxyl groups excluding tert-OH is 1. The Kier molecular flexibility index (Phi) is 19.6. The van der Waals surface area contributed by atoms with Crippen molar-refractivity contribution in [1.29, 1.82) is 0 Å². The van der Waals surface area contributed by atoms with E-state index < -0.39 is 78.2 Å². The van der Waals surface area contributed by atoms with E-state index in [9.17, 15) is 38.7 Å². The van der Waals surface area contributed by atoms with Crippen molar-refractivity contribution in [3.63, 3.8) is 0 Å². The summed E-state index contributed by atoms with van der Waals surface area (Å²) in [6, 6.07) is 2.16. The first-order valence-corrected chi connectivity index (χ1v) is 19.0. The lowest BCUT2D eigenvalue weighted by Crippen LogP contribution is -2.59. The van der Waals surface area contributed by atoms with Gasteiger partial charge < -0.3 is 47.3 Å². The largest absolute Gasteiger partial charge is 0.494 e. The van der Waals surface area contributed by atoms with E-state index in [1.807, 2.05) is 13.8 Å². The van der Waals surface area contributed by atoms with Crippen molar-refractivity contribution in [2.24, 2.45) is 23.3 Å². The lowest BCUT2D eigenvalue weighted by molar-refractivity contribution is -0.143. The first kappa shape index (κ1) is 46.4. The number of amides is 6. The third-order valence-electron chi connectivity index (χ3n) is 9.52. The number of primary amides is 2. The minimum Gasteiger partial charge on any atom is -0.494 e. The normalized spacial score (nSPS) is 17.5. The number of rotatable bonds is 24. The number of nitrogens with zero attached hydrogens (tertiary/aromatic N) is 1. The predicted octanol–water partition coefficient (Wildman–Crippen LogP) is -0.202. The summed E-state index contributed by atoms with van der Waals surface area (Å²) in [6.07, 6.45) is 0.755. The van der Waals surface area contributed by atoms with Crippen molar-refractivity contribution in [3.05, 3.63) is 29.8 Å². The number of benzene rings is 1. The van der Waals surface area contributed by atoms with Crippen LogP contribution in [0.4, 0.5) is 0 Å². The van der Waals surface area contributed by atoms with E-state index in [1.165, 1.54) is 6.92 Å². The number of nitrogens with one attached hydrogen (secondary N) is 4. The standard InChI is InChI=1S/C38H61N7O10/c1-7-23(5)34(38(53)43-33(22(3)4)35(40)50)44-37(52)29-11-9-17-45(29)21-30(47)27(42-36(51)28(20-31(39)48)41-24(6)46)19-25-13-15-26(16-14-25)55-18-10-12-32(49)54-8-2/h13-16,22-23,27-30,33-34,47H,7-12,17-21H2,1-6H3,(H2,39,48)(H2,40,50)(H,41,46)(H,42,51)(H,43,53)(H,44,52)/t23-,27-,28-,29-,30+,33-,34-/m0/s1. The van der Waals surface area contributed by atoms with Crippen LogP contribution in [0.3, 0.4) is 0 Å². The van der Waals surface area contributed by atoms with Gasteiger partial charge in [-0.25, -0.2) is 0 Å². The average Bonchev–Trinajstić information content (AvgIpc) is 3.58. The molecule has 1 aromatic rings. The number of β-amino-alcohol motifs (C(OH)–C–C–N with tert-alkyl or cyclic N) is 1. The second-order valence-corrected chi connectivity index (χ2v) is 14.4. The molecule has 0 bridgehead atoms. The Labute approximate surface area is 323 Å². The summed E-state index contributed by atoms with van der Waals surface area (Å²) in [5.41, 5.74) is 11.6. The summed E-state index contributed by atoms with van der Waals surface area (Å²) >= 11 is 0. The Hall–Kier alpha value is -4.77. The molecule has 1 aromatic carbocycles. The fourth-order valence-corrected chi connectivity index (χ4v) is 6.31. The molecule has 0 radical (unpaired) electrons. The summed E-state index contributed by atoms with van der Waals surface area (Å²) in [5, 5.41) is 22.4. The van der Waals surface area contributed by atoms with Gasteiger partial charge in [-0.2, -0.15) is 0 Å². The van der Waals surface area contributed by atoms with Gasteiger partial charge in [-0.15, -0.1) is 0 Å². The van der Waals surface area contributed by atoms with E-state index in [0.717, 1.165) is 0 Å². The van der Waals surface area contributed by atoms with Crippen LogP contribution < -0.4 is 37.5 Å². The van der Waals surface area contributed by atoms with Crippen LogP contribution in [0.25, 0.3) is 0 Å². The highest BCUT2D eigenvalue weighted by Gasteiger charge is 2.38. The highest BCUT2D eigenvalue weighted by molar-refractivity contribution is 5.93. The number of carbonyl (C=O) groups excluding carboxylic acids is 7. The monoisotopic (exact) mass is 775 g/mol. The second kappa shape index (κ2) is 23.2. The predicted molar refractivity (Wildman–Crippen MR) is 203 cm³/mol. The Bertz CT molecular complexity index is 1440. The number of carbonyl (C=O) groups is 7. The summed E-state index contributed by atoms with van der Waals surface area (Å²) < 4.78 is 10.7. The molecule has 1 aliphatic heterocycles. The van der Waals surface area contributed by atoms with Gasteiger partial charge in [-0.05, 0) is 68.7 Å². The Balaban J connectivity index is 2.26. The number of likely N-dealkylation sites (tertiary alicyclic amines) is 1. The molecule has 0 spiro atoms. The quantitative estimate of drug-likeness (QED) is 0.0534. The van der Waals surface area contributed by atoms with E-state index in [-0.39, 0.29) is 37.2 Å². The smallest absolute Gasteiger partial charge is 0.305 e. The SMILES string of the molecule is CCOC(=O)CCCOc1ccc(C[C@H](NC(=O)[C@H](CC(N)=O)NC(C)=O)[C@H](O)CN2CCC[C@H]2C(=O)N[C@H](C(=O)N[C@H](C(N)=O)C(C)C)[C@@H](C)CC)cc1. The first-order valence-electron chi connectivity index (χ1n) is 19.0. The molecule has 1 saturated heterocycles. The molecule has 308 valence electrons. The molecule has 17 nitrogen and oxygen atoms in total. The molecule has 7 atom stereocenters. The molecule has 2 rings (SSSR count). The maximum absolute atomic E-state index is 13.8. The van der Waals surface area contributed by atoms with Gasteiger partial charge in [0.25, 0.3) is 0 Å². The maximum Gasteiger partial charge on any atom is 0.305 e. The van der Waals surface area contributed by atoms with Gasteiger partial charge in [0.2, 0.25) is 35.4 Å². The molecule has 0 aliphatic carbocycles. The van der Waals surface area contributed by atoms with Crippen LogP contribution in [0, 0.1) is 11.8 Å². The van der Waals surface area contributed by atoms with Crippen LogP contribution >= 0.6 is 0 Å². The molecule has 55 heavy (non-hydrogen) atoms. The highest BCUT2D eigenvalue weighted by Crippen LogP contribution is 2.21. The summed E-state index contributed by atoms with van der Waals surface area (Å²) in [5.74, 6) is -4.01. The molecule has 0 saturated carbocycles. The topological polar surface area (TPSA) is 262 Å². The fraction of sp³-hybridized carbons (Fsp3) is 0.658.